The van der Waals surface area contributed by atoms with Crippen LogP contribution in [0.25, 0.3) is 0 Å². The van der Waals surface area contributed by atoms with Gasteiger partial charge in [-0.15, -0.1) is 0 Å². The molecule has 0 saturated heterocycles. The number of carbonyl (C=O) groups excluding carboxylic acids is 2. The van der Waals surface area contributed by atoms with E-state index in [-0.39, 0.29) is 11.8 Å². The number of nitrogens with one attached hydrogen (secondary N) is 1. The minimum Gasteiger partial charge on any atom is -0.490 e. The molecule has 162 valence electrons. The van der Waals surface area contributed by atoms with Crippen molar-refractivity contribution in [3.63, 3.8) is 0 Å². The molecule has 4 rings (SSSR count). The third-order valence-corrected chi connectivity index (χ3v) is 6.49. The minimum absolute atomic E-state index is 0.0630. The van der Waals surface area contributed by atoms with Crippen LogP contribution in [0.15, 0.2) is 35.0 Å². The largest absolute Gasteiger partial charge is 0.490 e. The number of aromatic nitrogens is 1. The summed E-state index contributed by atoms with van der Waals surface area (Å²) in [7, 11) is 0. The fourth-order valence-electron chi connectivity index (χ4n) is 3.35. The number of amides is 2. The Bertz CT molecular complexity index is 1080. The Kier molecular flexibility index (Phi) is 6.53. The Hall–Kier alpha value is -2.91. The Morgan fingerprint density at radius 3 is 2.68 bits per heavy atom. The number of hydrogen-bond acceptors (Lipinski definition) is 7. The van der Waals surface area contributed by atoms with Crippen molar-refractivity contribution in [2.75, 3.05) is 25.1 Å². The van der Waals surface area contributed by atoms with Gasteiger partial charge in [-0.1, -0.05) is 11.3 Å². The summed E-state index contributed by atoms with van der Waals surface area (Å²) in [6, 6.07) is 7.07. The number of benzene rings is 1. The number of carbonyl (C=O) groups is 2. The predicted molar refractivity (Wildman–Crippen MR) is 122 cm³/mol. The Labute approximate surface area is 188 Å². The molecule has 0 fully saturated rings. The topological polar surface area (TPSA) is 80.8 Å². The number of fused-ring (bicyclic) bond motifs is 1. The first kappa shape index (κ1) is 21.3. The molecule has 3 heterocycles. The zero-order valence-corrected chi connectivity index (χ0v) is 19.0. The second-order valence-electron chi connectivity index (χ2n) is 6.86. The van der Waals surface area contributed by atoms with E-state index in [0.717, 1.165) is 10.6 Å². The molecule has 1 aliphatic heterocycles. The molecule has 0 unspecified atom stereocenters. The lowest BCUT2D eigenvalue weighted by atomic mass is 10.1. The maximum atomic E-state index is 13.1. The highest BCUT2D eigenvalue weighted by atomic mass is 32.1. The van der Waals surface area contributed by atoms with Crippen molar-refractivity contribution >= 4 is 39.6 Å². The fourth-order valence-corrected chi connectivity index (χ4v) is 5.01. The number of nitrogens with zero attached hydrogens (tertiary/aromatic N) is 2. The highest BCUT2D eigenvalue weighted by Crippen LogP contribution is 2.32. The van der Waals surface area contributed by atoms with Crippen LogP contribution in [0.1, 0.15) is 45.1 Å². The van der Waals surface area contributed by atoms with E-state index >= 15 is 0 Å². The van der Waals surface area contributed by atoms with Crippen LogP contribution >= 0.6 is 22.7 Å². The molecule has 0 radical (unpaired) electrons. The monoisotopic (exact) mass is 457 g/mol. The molecule has 7 nitrogen and oxygen atoms in total. The first-order valence-corrected chi connectivity index (χ1v) is 11.9. The number of ether oxygens (including phenoxy) is 2. The molecular weight excluding hydrogens is 434 g/mol. The Morgan fingerprint density at radius 1 is 1.13 bits per heavy atom. The van der Waals surface area contributed by atoms with Crippen LogP contribution in [0.2, 0.25) is 0 Å². The second-order valence-corrected chi connectivity index (χ2v) is 8.72. The highest BCUT2D eigenvalue weighted by Gasteiger charge is 2.26. The van der Waals surface area contributed by atoms with Crippen molar-refractivity contribution in [1.29, 1.82) is 0 Å². The average molecular weight is 458 g/mol. The van der Waals surface area contributed by atoms with E-state index < -0.39 is 0 Å². The van der Waals surface area contributed by atoms with Gasteiger partial charge in [-0.3, -0.25) is 14.9 Å². The van der Waals surface area contributed by atoms with Crippen molar-refractivity contribution in [2.45, 2.75) is 26.8 Å². The van der Waals surface area contributed by atoms with Crippen molar-refractivity contribution in [1.82, 2.24) is 9.88 Å². The molecule has 0 saturated carbocycles. The molecule has 0 aliphatic carbocycles. The van der Waals surface area contributed by atoms with E-state index in [1.165, 1.54) is 22.7 Å². The number of rotatable bonds is 7. The number of hydrogen-bond donors (Lipinski definition) is 1. The van der Waals surface area contributed by atoms with Crippen LogP contribution in [-0.2, 0) is 13.0 Å². The SMILES string of the molecule is CCOc1ccc(C(=O)N2CCc3nc(NC(=O)c4ccsc4)sc3C2)cc1OCC. The zero-order valence-electron chi connectivity index (χ0n) is 17.3. The predicted octanol–water partition coefficient (Wildman–Crippen LogP) is 4.45. The van der Waals surface area contributed by atoms with Gasteiger partial charge in [-0.05, 0) is 43.5 Å². The lowest BCUT2D eigenvalue weighted by Crippen LogP contribution is -2.35. The highest BCUT2D eigenvalue weighted by molar-refractivity contribution is 7.16. The maximum absolute atomic E-state index is 13.1. The lowest BCUT2D eigenvalue weighted by Gasteiger charge is -2.26. The van der Waals surface area contributed by atoms with Gasteiger partial charge in [0.25, 0.3) is 11.8 Å². The molecule has 2 aromatic heterocycles. The van der Waals surface area contributed by atoms with E-state index in [1.807, 2.05) is 19.2 Å². The van der Waals surface area contributed by atoms with E-state index in [4.69, 9.17) is 9.47 Å². The smallest absolute Gasteiger partial charge is 0.258 e. The molecule has 1 aliphatic rings. The van der Waals surface area contributed by atoms with Gasteiger partial charge in [0.2, 0.25) is 0 Å². The van der Waals surface area contributed by atoms with Gasteiger partial charge in [-0.2, -0.15) is 11.3 Å². The third-order valence-electron chi connectivity index (χ3n) is 4.81. The molecule has 0 spiro atoms. The summed E-state index contributed by atoms with van der Waals surface area (Å²) < 4.78 is 11.2. The molecule has 9 heteroatoms. The van der Waals surface area contributed by atoms with Gasteiger partial charge in [0, 0.05) is 28.8 Å². The van der Waals surface area contributed by atoms with Gasteiger partial charge >= 0.3 is 0 Å². The summed E-state index contributed by atoms with van der Waals surface area (Å²) in [6.07, 6.45) is 0.654. The number of thiophene rings is 1. The maximum Gasteiger partial charge on any atom is 0.258 e. The second kappa shape index (κ2) is 9.49. The van der Waals surface area contributed by atoms with Crippen LogP contribution in [0.4, 0.5) is 5.13 Å². The Morgan fingerprint density at radius 2 is 1.94 bits per heavy atom. The number of thiazole rings is 1. The summed E-state index contributed by atoms with van der Waals surface area (Å²) in [5.41, 5.74) is 2.12. The summed E-state index contributed by atoms with van der Waals surface area (Å²) in [6.45, 7) is 5.87. The van der Waals surface area contributed by atoms with Gasteiger partial charge in [0.1, 0.15) is 0 Å². The number of anilines is 1. The van der Waals surface area contributed by atoms with E-state index in [0.29, 0.717) is 60.5 Å². The molecular formula is C22H23N3O4S2. The van der Waals surface area contributed by atoms with Crippen LogP contribution < -0.4 is 14.8 Å². The lowest BCUT2D eigenvalue weighted by molar-refractivity contribution is 0.0735. The summed E-state index contributed by atoms with van der Waals surface area (Å²) >= 11 is 2.90. The molecule has 1 aromatic carbocycles. The van der Waals surface area contributed by atoms with E-state index in [9.17, 15) is 9.59 Å². The quantitative estimate of drug-likeness (QED) is 0.567. The standard InChI is InChI=1S/C22H23N3O4S2/c1-3-28-17-6-5-14(11-18(17)29-4-2)21(27)25-9-7-16-19(12-25)31-22(23-16)24-20(26)15-8-10-30-13-15/h5-6,8,10-11,13H,3-4,7,9,12H2,1-2H3,(H,23,24,26). The molecule has 3 aromatic rings. The first-order chi connectivity index (χ1) is 15.1. The zero-order chi connectivity index (χ0) is 21.8. The molecule has 2 amide bonds. The Balaban J connectivity index is 1.47. The van der Waals surface area contributed by atoms with Crippen LogP contribution in [0, 0.1) is 0 Å². The third kappa shape index (κ3) is 4.72. The van der Waals surface area contributed by atoms with Gasteiger partial charge in [-0.25, -0.2) is 4.98 Å². The van der Waals surface area contributed by atoms with Crippen LogP contribution in [-0.4, -0.2) is 41.5 Å². The normalized spacial score (nSPS) is 12.9. The van der Waals surface area contributed by atoms with Crippen molar-refractivity contribution in [3.8, 4) is 11.5 Å². The average Bonchev–Trinajstić information content (AvgIpc) is 3.44. The molecule has 1 N–H and O–H groups in total. The minimum atomic E-state index is -0.168. The van der Waals surface area contributed by atoms with Gasteiger partial charge in [0.05, 0.1) is 31.0 Å². The first-order valence-electron chi connectivity index (χ1n) is 10.1. The fraction of sp³-hybridized carbons (Fsp3) is 0.318. The summed E-state index contributed by atoms with van der Waals surface area (Å²) in [4.78, 5) is 32.8. The van der Waals surface area contributed by atoms with Crippen molar-refractivity contribution < 1.29 is 19.1 Å². The van der Waals surface area contributed by atoms with Gasteiger partial charge < -0.3 is 14.4 Å². The molecule has 0 atom stereocenters. The van der Waals surface area contributed by atoms with Gasteiger partial charge in [0.15, 0.2) is 16.6 Å². The molecule has 0 bridgehead atoms. The van der Waals surface area contributed by atoms with Crippen LogP contribution in [0.3, 0.4) is 0 Å². The van der Waals surface area contributed by atoms with Crippen molar-refractivity contribution in [2.24, 2.45) is 0 Å². The summed E-state index contributed by atoms with van der Waals surface area (Å²) in [5, 5.41) is 7.09. The van der Waals surface area contributed by atoms with E-state index in [1.54, 1.807) is 34.5 Å². The van der Waals surface area contributed by atoms with Crippen LogP contribution in [0.5, 0.6) is 11.5 Å². The van der Waals surface area contributed by atoms with Crippen molar-refractivity contribution in [3.05, 3.63) is 56.7 Å². The van der Waals surface area contributed by atoms with E-state index in [2.05, 4.69) is 10.3 Å². The molecule has 31 heavy (non-hydrogen) atoms. The summed E-state index contributed by atoms with van der Waals surface area (Å²) in [5.74, 6) is 0.976.